The van der Waals surface area contributed by atoms with Crippen LogP contribution in [0.4, 0.5) is 0 Å². The third-order valence-corrected chi connectivity index (χ3v) is 3.38. The molecule has 0 unspecified atom stereocenters. The molecular weight excluding hydrogens is 240 g/mol. The highest BCUT2D eigenvalue weighted by Crippen LogP contribution is 2.26. The number of nitrogens with zero attached hydrogens (tertiary/aromatic N) is 1. The summed E-state index contributed by atoms with van der Waals surface area (Å²) in [7, 11) is 0. The molecule has 1 aromatic carbocycles. The van der Waals surface area contributed by atoms with Crippen LogP contribution in [0.2, 0.25) is 0 Å². The maximum Gasteiger partial charge on any atom is 0.337 e. The number of para-hydroxylation sites is 1. The van der Waals surface area contributed by atoms with Crippen molar-refractivity contribution in [2.45, 2.75) is 32.7 Å². The van der Waals surface area contributed by atoms with Gasteiger partial charge in [-0.25, -0.2) is 4.79 Å². The van der Waals surface area contributed by atoms with Crippen molar-refractivity contribution in [1.29, 1.82) is 0 Å². The monoisotopic (exact) mass is 260 g/mol. The lowest BCUT2D eigenvalue weighted by molar-refractivity contribution is 0.0698. The average molecular weight is 260 g/mol. The van der Waals surface area contributed by atoms with Gasteiger partial charge < -0.3 is 15.4 Å². The van der Waals surface area contributed by atoms with E-state index in [1.165, 1.54) is 5.56 Å². The molecule has 0 saturated heterocycles. The lowest BCUT2D eigenvalue weighted by atomic mass is 10.1. The van der Waals surface area contributed by atoms with Gasteiger partial charge in [0.1, 0.15) is 0 Å². The van der Waals surface area contributed by atoms with Gasteiger partial charge >= 0.3 is 5.97 Å². The van der Waals surface area contributed by atoms with E-state index in [0.29, 0.717) is 18.7 Å². The zero-order chi connectivity index (χ0) is 13.8. The summed E-state index contributed by atoms with van der Waals surface area (Å²) < 4.78 is 1.98. The molecule has 0 spiro atoms. The Morgan fingerprint density at radius 1 is 1.42 bits per heavy atom. The van der Waals surface area contributed by atoms with Crippen molar-refractivity contribution in [2.75, 3.05) is 6.54 Å². The summed E-state index contributed by atoms with van der Waals surface area (Å²) in [6, 6.07) is 5.47. The van der Waals surface area contributed by atoms with E-state index in [9.17, 15) is 9.90 Å². The number of carbonyl (C=O) groups is 1. The number of benzene rings is 1. The first kappa shape index (κ1) is 13.6. The number of carboxylic acid groups (broad SMARTS) is 1. The van der Waals surface area contributed by atoms with E-state index in [1.54, 1.807) is 6.07 Å². The van der Waals surface area contributed by atoms with Crippen LogP contribution in [-0.2, 0) is 13.0 Å². The van der Waals surface area contributed by atoms with E-state index in [0.717, 1.165) is 30.2 Å². The molecule has 0 radical (unpaired) electrons. The summed E-state index contributed by atoms with van der Waals surface area (Å²) in [6.07, 6.45) is 5.27. The Labute approximate surface area is 112 Å². The molecule has 2 rings (SSSR count). The van der Waals surface area contributed by atoms with Gasteiger partial charge in [0.25, 0.3) is 0 Å². The van der Waals surface area contributed by atoms with Crippen molar-refractivity contribution in [3.63, 3.8) is 0 Å². The van der Waals surface area contributed by atoms with Gasteiger partial charge in [-0.2, -0.15) is 0 Å². The zero-order valence-electron chi connectivity index (χ0n) is 11.2. The van der Waals surface area contributed by atoms with E-state index in [2.05, 4.69) is 13.1 Å². The molecule has 4 heteroatoms. The van der Waals surface area contributed by atoms with Crippen LogP contribution in [-0.4, -0.2) is 22.2 Å². The first-order chi connectivity index (χ1) is 9.19. The molecule has 0 aliphatic rings. The second-order valence-corrected chi connectivity index (χ2v) is 4.75. The SMILES string of the molecule is CCCCc1cn(CCN)c2c(C(=O)O)cccc12. The molecule has 4 nitrogen and oxygen atoms in total. The largest absolute Gasteiger partial charge is 0.478 e. The van der Waals surface area contributed by atoms with Crippen LogP contribution in [0, 0.1) is 0 Å². The molecular formula is C15H20N2O2. The number of unbranched alkanes of at least 4 members (excludes halogenated alkanes) is 1. The Morgan fingerprint density at radius 2 is 2.21 bits per heavy atom. The Hall–Kier alpha value is -1.81. The van der Waals surface area contributed by atoms with Crippen LogP contribution < -0.4 is 5.73 Å². The van der Waals surface area contributed by atoms with E-state index >= 15 is 0 Å². The van der Waals surface area contributed by atoms with Crippen LogP contribution in [0.25, 0.3) is 10.9 Å². The summed E-state index contributed by atoms with van der Waals surface area (Å²) in [5, 5.41) is 10.4. The number of nitrogens with two attached hydrogens (primary N) is 1. The molecule has 0 atom stereocenters. The molecule has 0 aliphatic heterocycles. The zero-order valence-corrected chi connectivity index (χ0v) is 11.2. The minimum absolute atomic E-state index is 0.355. The molecule has 1 heterocycles. The molecule has 0 aliphatic carbocycles. The molecule has 102 valence electrons. The first-order valence-electron chi connectivity index (χ1n) is 6.73. The quantitative estimate of drug-likeness (QED) is 0.839. The van der Waals surface area contributed by atoms with Gasteiger partial charge in [-0.15, -0.1) is 0 Å². The van der Waals surface area contributed by atoms with Crippen LogP contribution in [0.1, 0.15) is 35.7 Å². The van der Waals surface area contributed by atoms with E-state index in [4.69, 9.17) is 5.73 Å². The van der Waals surface area contributed by atoms with Crippen molar-refractivity contribution < 1.29 is 9.90 Å². The van der Waals surface area contributed by atoms with Gasteiger partial charge in [0.15, 0.2) is 0 Å². The Bertz CT molecular complexity index is 587. The lowest BCUT2D eigenvalue weighted by Gasteiger charge is -2.05. The molecule has 2 aromatic rings. The first-order valence-corrected chi connectivity index (χ1v) is 6.73. The van der Waals surface area contributed by atoms with Gasteiger partial charge in [-0.1, -0.05) is 25.5 Å². The van der Waals surface area contributed by atoms with E-state index < -0.39 is 5.97 Å². The van der Waals surface area contributed by atoms with Crippen LogP contribution in [0.15, 0.2) is 24.4 Å². The predicted octanol–water partition coefficient (Wildman–Crippen LogP) is 2.64. The second-order valence-electron chi connectivity index (χ2n) is 4.75. The summed E-state index contributed by atoms with van der Waals surface area (Å²) >= 11 is 0. The number of aryl methyl sites for hydroxylation is 1. The second kappa shape index (κ2) is 5.89. The molecule has 3 N–H and O–H groups in total. The summed E-state index contributed by atoms with van der Waals surface area (Å²) in [5.41, 5.74) is 7.99. The maximum atomic E-state index is 11.4. The van der Waals surface area contributed by atoms with Crippen molar-refractivity contribution >= 4 is 16.9 Å². The van der Waals surface area contributed by atoms with Crippen molar-refractivity contribution in [1.82, 2.24) is 4.57 Å². The lowest BCUT2D eigenvalue weighted by Crippen LogP contribution is -2.10. The highest BCUT2D eigenvalue weighted by atomic mass is 16.4. The van der Waals surface area contributed by atoms with Crippen LogP contribution in [0.3, 0.4) is 0 Å². The summed E-state index contributed by atoms with van der Waals surface area (Å²) in [4.78, 5) is 11.4. The summed E-state index contributed by atoms with van der Waals surface area (Å²) in [6.45, 7) is 3.31. The number of carboxylic acids is 1. The highest BCUT2D eigenvalue weighted by Gasteiger charge is 2.15. The van der Waals surface area contributed by atoms with E-state index in [1.807, 2.05) is 16.7 Å². The number of rotatable bonds is 6. The molecule has 19 heavy (non-hydrogen) atoms. The number of aromatic nitrogens is 1. The van der Waals surface area contributed by atoms with Crippen molar-refractivity contribution in [2.24, 2.45) is 5.73 Å². The molecule has 0 fully saturated rings. The minimum Gasteiger partial charge on any atom is -0.478 e. The minimum atomic E-state index is -0.885. The Morgan fingerprint density at radius 3 is 2.84 bits per heavy atom. The number of hydrogen-bond acceptors (Lipinski definition) is 2. The van der Waals surface area contributed by atoms with Gasteiger partial charge in [0.2, 0.25) is 0 Å². The fourth-order valence-electron chi connectivity index (χ4n) is 2.49. The summed E-state index contributed by atoms with van der Waals surface area (Å²) in [5.74, 6) is -0.885. The normalized spacial score (nSPS) is 11.1. The van der Waals surface area contributed by atoms with Gasteiger partial charge in [-0.3, -0.25) is 0 Å². The van der Waals surface area contributed by atoms with Crippen molar-refractivity contribution in [3.05, 3.63) is 35.5 Å². The van der Waals surface area contributed by atoms with Gasteiger partial charge in [0, 0.05) is 24.7 Å². The Kier molecular flexibility index (Phi) is 4.22. The van der Waals surface area contributed by atoms with Crippen LogP contribution >= 0.6 is 0 Å². The molecule has 0 saturated carbocycles. The van der Waals surface area contributed by atoms with Gasteiger partial charge in [0.05, 0.1) is 11.1 Å². The fraction of sp³-hybridized carbons (Fsp3) is 0.400. The highest BCUT2D eigenvalue weighted by molar-refractivity contribution is 6.03. The number of aromatic carboxylic acids is 1. The maximum absolute atomic E-state index is 11.4. The predicted molar refractivity (Wildman–Crippen MR) is 76.6 cm³/mol. The topological polar surface area (TPSA) is 68.2 Å². The number of fused-ring (bicyclic) bond motifs is 1. The third-order valence-electron chi connectivity index (χ3n) is 3.38. The van der Waals surface area contributed by atoms with E-state index in [-0.39, 0.29) is 0 Å². The van der Waals surface area contributed by atoms with Crippen LogP contribution in [0.5, 0.6) is 0 Å². The molecule has 0 bridgehead atoms. The Balaban J connectivity index is 2.60. The fourth-order valence-corrected chi connectivity index (χ4v) is 2.49. The molecule has 0 amide bonds. The third kappa shape index (κ3) is 2.63. The number of hydrogen-bond donors (Lipinski definition) is 2. The molecule has 1 aromatic heterocycles. The average Bonchev–Trinajstić information content (AvgIpc) is 2.75. The smallest absolute Gasteiger partial charge is 0.337 e. The van der Waals surface area contributed by atoms with Gasteiger partial charge in [-0.05, 0) is 24.5 Å². The van der Waals surface area contributed by atoms with Crippen molar-refractivity contribution in [3.8, 4) is 0 Å². The standard InChI is InChI=1S/C15H20N2O2/c1-2-3-5-11-10-17(9-8-16)14-12(11)6-4-7-13(14)15(18)19/h4,6-7,10H,2-3,5,8-9,16H2,1H3,(H,18,19).